The molecule has 0 aromatic heterocycles. The molecule has 2 N–H and O–H groups in total. The van der Waals surface area contributed by atoms with Crippen LogP contribution in [-0.4, -0.2) is 28.4 Å². The zero-order chi connectivity index (χ0) is 13.1. The summed E-state index contributed by atoms with van der Waals surface area (Å²) in [6.45, 7) is 0.738. The minimum absolute atomic E-state index is 0.0626. The summed E-state index contributed by atoms with van der Waals surface area (Å²) >= 11 is 10.9. The molecule has 1 amide bonds. The summed E-state index contributed by atoms with van der Waals surface area (Å²) in [6.07, 6.45) is 2.18. The minimum atomic E-state index is -0.0771. The molecule has 3 nitrogen and oxygen atoms in total. The van der Waals surface area contributed by atoms with E-state index in [4.69, 9.17) is 29.6 Å². The highest BCUT2D eigenvalue weighted by Crippen LogP contribution is 2.19. The average molecular weight is 283 g/mol. The Labute approximate surface area is 117 Å². The zero-order valence-corrected chi connectivity index (χ0v) is 11.5. The highest BCUT2D eigenvalue weighted by molar-refractivity contribution is 7.80. The number of hydrogen-bond acceptors (Lipinski definition) is 2. The van der Waals surface area contributed by atoms with Crippen LogP contribution in [0, 0.1) is 0 Å². The van der Waals surface area contributed by atoms with Crippen molar-refractivity contribution in [2.24, 2.45) is 5.73 Å². The van der Waals surface area contributed by atoms with Gasteiger partial charge in [0.25, 0.3) is 0 Å². The standard InChI is InChI=1S/C13H15ClN2OS/c14-10-4-1-3-9(7-10)8-12(17)16-6-2-5-11(16)13(15)18/h1,3-4,7,11H,2,5-6,8H2,(H2,15,18). The van der Waals surface area contributed by atoms with Crippen LogP contribution in [-0.2, 0) is 11.2 Å². The Kier molecular flexibility index (Phi) is 4.19. The first-order valence-electron chi connectivity index (χ1n) is 5.91. The third-order valence-corrected chi connectivity index (χ3v) is 3.65. The first kappa shape index (κ1) is 13.3. The van der Waals surface area contributed by atoms with Gasteiger partial charge in [0.2, 0.25) is 5.91 Å². The SMILES string of the molecule is NC(=S)C1CCCN1C(=O)Cc1cccc(Cl)c1. The van der Waals surface area contributed by atoms with E-state index in [9.17, 15) is 4.79 Å². The monoisotopic (exact) mass is 282 g/mol. The van der Waals surface area contributed by atoms with Crippen LogP contribution in [0.15, 0.2) is 24.3 Å². The van der Waals surface area contributed by atoms with Crippen LogP contribution in [0.25, 0.3) is 0 Å². The van der Waals surface area contributed by atoms with Crippen molar-refractivity contribution < 1.29 is 4.79 Å². The van der Waals surface area contributed by atoms with Crippen LogP contribution in [0.1, 0.15) is 18.4 Å². The number of halogens is 1. The maximum Gasteiger partial charge on any atom is 0.227 e. The lowest BCUT2D eigenvalue weighted by Crippen LogP contribution is -2.43. The average Bonchev–Trinajstić information content (AvgIpc) is 2.77. The van der Waals surface area contributed by atoms with Crippen molar-refractivity contribution in [1.82, 2.24) is 4.90 Å². The van der Waals surface area contributed by atoms with E-state index in [-0.39, 0.29) is 11.9 Å². The number of hydrogen-bond donors (Lipinski definition) is 1. The molecule has 1 heterocycles. The number of likely N-dealkylation sites (tertiary alicyclic amines) is 1. The largest absolute Gasteiger partial charge is 0.392 e. The maximum absolute atomic E-state index is 12.2. The van der Waals surface area contributed by atoms with Crippen molar-refractivity contribution in [3.8, 4) is 0 Å². The Balaban J connectivity index is 2.06. The fourth-order valence-electron chi connectivity index (χ4n) is 2.28. The smallest absolute Gasteiger partial charge is 0.227 e. The Morgan fingerprint density at radius 3 is 3.00 bits per heavy atom. The first-order valence-corrected chi connectivity index (χ1v) is 6.70. The fraction of sp³-hybridized carbons (Fsp3) is 0.385. The molecule has 0 bridgehead atoms. The topological polar surface area (TPSA) is 46.3 Å². The third kappa shape index (κ3) is 3.00. The van der Waals surface area contributed by atoms with Gasteiger partial charge in [-0.05, 0) is 30.5 Å². The molecule has 0 saturated carbocycles. The van der Waals surface area contributed by atoms with Crippen LogP contribution in [0.5, 0.6) is 0 Å². The van der Waals surface area contributed by atoms with E-state index in [0.717, 1.165) is 24.9 Å². The molecule has 1 unspecified atom stereocenters. The van der Waals surface area contributed by atoms with E-state index in [1.54, 1.807) is 11.0 Å². The summed E-state index contributed by atoms with van der Waals surface area (Å²) in [6, 6.07) is 7.27. The molecule has 1 aromatic rings. The second-order valence-electron chi connectivity index (χ2n) is 4.45. The second-order valence-corrected chi connectivity index (χ2v) is 5.36. The Bertz CT molecular complexity index is 478. The molecule has 2 rings (SSSR count). The summed E-state index contributed by atoms with van der Waals surface area (Å²) in [5.41, 5.74) is 6.58. The zero-order valence-electron chi connectivity index (χ0n) is 9.93. The molecule has 5 heteroatoms. The second kappa shape index (κ2) is 5.67. The van der Waals surface area contributed by atoms with Gasteiger partial charge in [-0.3, -0.25) is 4.79 Å². The van der Waals surface area contributed by atoms with E-state index in [1.807, 2.05) is 18.2 Å². The van der Waals surface area contributed by atoms with Gasteiger partial charge < -0.3 is 10.6 Å². The van der Waals surface area contributed by atoms with Gasteiger partial charge in [-0.15, -0.1) is 0 Å². The molecule has 0 spiro atoms. The molecule has 1 aromatic carbocycles. The number of carbonyl (C=O) groups excluding carboxylic acids is 1. The van der Waals surface area contributed by atoms with Crippen molar-refractivity contribution in [3.05, 3.63) is 34.9 Å². The van der Waals surface area contributed by atoms with Crippen LogP contribution in [0.2, 0.25) is 5.02 Å². The normalized spacial score (nSPS) is 18.9. The molecular formula is C13H15ClN2OS. The van der Waals surface area contributed by atoms with Gasteiger partial charge in [-0.1, -0.05) is 36.0 Å². The van der Waals surface area contributed by atoms with Crippen molar-refractivity contribution in [2.45, 2.75) is 25.3 Å². The lowest BCUT2D eigenvalue weighted by molar-refractivity contribution is -0.130. The summed E-state index contributed by atoms with van der Waals surface area (Å²) in [7, 11) is 0. The molecule has 0 aliphatic carbocycles. The van der Waals surface area contributed by atoms with Crippen LogP contribution in [0.4, 0.5) is 0 Å². The van der Waals surface area contributed by atoms with Crippen LogP contribution < -0.4 is 5.73 Å². The van der Waals surface area contributed by atoms with Gasteiger partial charge in [-0.25, -0.2) is 0 Å². The molecular weight excluding hydrogens is 268 g/mol. The van der Waals surface area contributed by atoms with E-state index >= 15 is 0 Å². The Hall–Kier alpha value is -1.13. The highest BCUT2D eigenvalue weighted by atomic mass is 35.5. The molecule has 1 fully saturated rings. The Morgan fingerprint density at radius 2 is 2.33 bits per heavy atom. The van der Waals surface area contributed by atoms with E-state index in [0.29, 0.717) is 16.4 Å². The van der Waals surface area contributed by atoms with E-state index < -0.39 is 0 Å². The van der Waals surface area contributed by atoms with E-state index in [1.165, 1.54) is 0 Å². The number of carbonyl (C=O) groups is 1. The fourth-order valence-corrected chi connectivity index (χ4v) is 2.74. The number of nitrogens with zero attached hydrogens (tertiary/aromatic N) is 1. The number of nitrogens with two attached hydrogens (primary N) is 1. The lowest BCUT2D eigenvalue weighted by Gasteiger charge is -2.23. The van der Waals surface area contributed by atoms with Crippen molar-refractivity contribution in [3.63, 3.8) is 0 Å². The van der Waals surface area contributed by atoms with Gasteiger partial charge in [0.05, 0.1) is 17.5 Å². The summed E-state index contributed by atoms with van der Waals surface area (Å²) < 4.78 is 0. The molecule has 1 atom stereocenters. The number of amides is 1. The molecule has 1 saturated heterocycles. The van der Waals surface area contributed by atoms with Gasteiger partial charge >= 0.3 is 0 Å². The maximum atomic E-state index is 12.2. The lowest BCUT2D eigenvalue weighted by atomic mass is 10.1. The molecule has 96 valence electrons. The summed E-state index contributed by atoms with van der Waals surface area (Å²) in [5, 5.41) is 0.646. The molecule has 0 radical (unpaired) electrons. The number of rotatable bonds is 3. The molecule has 1 aliphatic heterocycles. The van der Waals surface area contributed by atoms with Gasteiger partial charge in [0.1, 0.15) is 0 Å². The van der Waals surface area contributed by atoms with Crippen molar-refractivity contribution >= 4 is 34.7 Å². The predicted octanol–water partition coefficient (Wildman–Crippen LogP) is 2.16. The summed E-state index contributed by atoms with van der Waals surface area (Å²) in [4.78, 5) is 14.4. The number of thiocarbonyl (C=S) groups is 1. The van der Waals surface area contributed by atoms with Crippen LogP contribution >= 0.6 is 23.8 Å². The van der Waals surface area contributed by atoms with Gasteiger partial charge in [0, 0.05) is 11.6 Å². The van der Waals surface area contributed by atoms with Crippen molar-refractivity contribution in [1.29, 1.82) is 0 Å². The van der Waals surface area contributed by atoms with Gasteiger partial charge in [0.15, 0.2) is 0 Å². The minimum Gasteiger partial charge on any atom is -0.392 e. The molecule has 18 heavy (non-hydrogen) atoms. The quantitative estimate of drug-likeness (QED) is 0.864. The molecule has 1 aliphatic rings. The van der Waals surface area contributed by atoms with Crippen LogP contribution in [0.3, 0.4) is 0 Å². The third-order valence-electron chi connectivity index (χ3n) is 3.15. The highest BCUT2D eigenvalue weighted by Gasteiger charge is 2.30. The van der Waals surface area contributed by atoms with Crippen molar-refractivity contribution in [2.75, 3.05) is 6.54 Å². The number of benzene rings is 1. The first-order chi connectivity index (χ1) is 8.58. The Morgan fingerprint density at radius 1 is 1.56 bits per heavy atom. The summed E-state index contributed by atoms with van der Waals surface area (Å²) in [5.74, 6) is 0.0626. The predicted molar refractivity (Wildman–Crippen MR) is 76.7 cm³/mol. The van der Waals surface area contributed by atoms with Gasteiger partial charge in [-0.2, -0.15) is 0 Å². The van der Waals surface area contributed by atoms with E-state index in [2.05, 4.69) is 0 Å².